The zero-order chi connectivity index (χ0) is 33.2. The van der Waals surface area contributed by atoms with Crippen LogP contribution in [0.4, 0.5) is 0 Å². The number of guanidine groups is 1. The number of carbonyl (C=O) groups excluding carboxylic acids is 2. The second kappa shape index (κ2) is 13.9. The number of hydrazine groups is 1. The third-order valence-corrected chi connectivity index (χ3v) is 11.0. The number of hydrogen-bond donors (Lipinski definition) is 3. The fraction of sp³-hybridized carbons (Fsp3) is 0.676. The molecule has 1 aromatic rings. The Labute approximate surface area is 272 Å². The first-order valence-electron chi connectivity index (χ1n) is 16.9. The SMILES string of the molecule is CC(C)C[C@H](NC(=O)[C@H](CCCN=C(N)N[N+](=O)[O-])CC(=O)CCC1=CCc2ccccc21)B1O[C@@H]2C[C@@H]3C[C@@H](C3(C)C)[C@]2(C)O1. The van der Waals surface area contributed by atoms with Crippen LogP contribution in [0.15, 0.2) is 35.3 Å². The van der Waals surface area contributed by atoms with Crippen molar-refractivity contribution in [2.24, 2.45) is 39.8 Å². The van der Waals surface area contributed by atoms with Crippen LogP contribution in [0.1, 0.15) is 97.1 Å². The average Bonchev–Trinajstić information content (AvgIpc) is 3.57. The first kappa shape index (κ1) is 34.1. The maximum atomic E-state index is 13.9. The van der Waals surface area contributed by atoms with Gasteiger partial charge in [-0.25, -0.2) is 15.1 Å². The molecule has 250 valence electrons. The zero-order valence-corrected chi connectivity index (χ0v) is 27.9. The number of fused-ring (bicyclic) bond motifs is 1. The predicted molar refractivity (Wildman–Crippen MR) is 178 cm³/mol. The van der Waals surface area contributed by atoms with Gasteiger partial charge in [-0.2, -0.15) is 0 Å². The Bertz CT molecular complexity index is 1380. The molecule has 0 unspecified atom stereocenters. The number of benzene rings is 1. The normalized spacial score (nSPS) is 27.3. The average molecular weight is 636 g/mol. The summed E-state index contributed by atoms with van der Waals surface area (Å²) in [6.45, 7) is 11.2. The summed E-state index contributed by atoms with van der Waals surface area (Å²) in [4.78, 5) is 41.9. The van der Waals surface area contributed by atoms with Crippen molar-refractivity contribution in [3.63, 3.8) is 0 Å². The standard InChI is InChI=1S/C34H50BN5O6/c1-21(2)17-30(35-45-29-20-25-19-28(33(25,3)4)34(29,5)46-35)38-31(42)24(10-8-16-37-32(36)39-40(43)44)18-26(41)15-14-23-13-12-22-9-6-7-11-27(22)23/h6-7,9,11,13,21,24-25,28-30H,8,10,12,14-20H2,1-5H3,(H,38,42)(H3,36,37,39)/t24-,25+,28+,29-,30+,34+/m1/s1. The Morgan fingerprint density at radius 2 is 1.98 bits per heavy atom. The van der Waals surface area contributed by atoms with Gasteiger partial charge < -0.3 is 20.4 Å². The molecule has 4 fully saturated rings. The Kier molecular flexibility index (Phi) is 10.3. The maximum absolute atomic E-state index is 13.9. The molecule has 6 atom stereocenters. The summed E-state index contributed by atoms with van der Waals surface area (Å²) in [7, 11) is -0.556. The molecule has 3 saturated carbocycles. The lowest BCUT2D eigenvalue weighted by atomic mass is 9.43. The number of nitrogens with two attached hydrogens (primary N) is 1. The van der Waals surface area contributed by atoms with E-state index in [-0.39, 0.29) is 59.6 Å². The Balaban J connectivity index is 1.24. The van der Waals surface area contributed by atoms with Crippen molar-refractivity contribution in [1.82, 2.24) is 10.7 Å². The molecule has 0 spiro atoms. The molecule has 46 heavy (non-hydrogen) atoms. The third kappa shape index (κ3) is 7.33. The molecule has 5 aliphatic rings. The van der Waals surface area contributed by atoms with Crippen molar-refractivity contribution in [2.45, 2.75) is 110 Å². The van der Waals surface area contributed by atoms with Crippen molar-refractivity contribution in [3.8, 4) is 0 Å². The molecule has 1 saturated heterocycles. The van der Waals surface area contributed by atoms with Crippen molar-refractivity contribution in [1.29, 1.82) is 0 Å². The van der Waals surface area contributed by atoms with Gasteiger partial charge in [-0.1, -0.05) is 63.5 Å². The van der Waals surface area contributed by atoms with Crippen LogP contribution in [0.25, 0.3) is 5.57 Å². The van der Waals surface area contributed by atoms with E-state index in [9.17, 15) is 19.7 Å². The van der Waals surface area contributed by atoms with Gasteiger partial charge in [-0.15, -0.1) is 0 Å². The van der Waals surface area contributed by atoms with E-state index in [1.54, 1.807) is 0 Å². The van der Waals surface area contributed by atoms with E-state index in [0.29, 0.717) is 43.9 Å². The van der Waals surface area contributed by atoms with Crippen LogP contribution in [-0.4, -0.2) is 54.0 Å². The van der Waals surface area contributed by atoms with Gasteiger partial charge in [-0.05, 0) is 91.7 Å². The zero-order valence-electron chi connectivity index (χ0n) is 27.9. The molecule has 0 aromatic heterocycles. The second-order valence-corrected chi connectivity index (χ2v) is 14.9. The molecule has 4 aliphatic carbocycles. The number of Topliss-reactive ketones (excluding diaryl/α,β-unsaturated/α-hetero) is 1. The molecule has 1 heterocycles. The van der Waals surface area contributed by atoms with Crippen molar-refractivity contribution < 1.29 is 23.9 Å². The minimum Gasteiger partial charge on any atom is -0.404 e. The van der Waals surface area contributed by atoms with Crippen LogP contribution in [-0.2, 0) is 25.3 Å². The third-order valence-electron chi connectivity index (χ3n) is 11.0. The van der Waals surface area contributed by atoms with Gasteiger partial charge in [0.15, 0.2) is 5.03 Å². The molecule has 12 heteroatoms. The summed E-state index contributed by atoms with van der Waals surface area (Å²) >= 11 is 0. The summed E-state index contributed by atoms with van der Waals surface area (Å²) in [5, 5.41) is 13.1. The molecular formula is C34H50BN5O6. The van der Waals surface area contributed by atoms with E-state index in [4.69, 9.17) is 15.0 Å². The molecule has 6 rings (SSSR count). The minimum absolute atomic E-state index is 0.00401. The number of allylic oxidation sites excluding steroid dienone is 2. The smallest absolute Gasteiger partial charge is 0.404 e. The highest BCUT2D eigenvalue weighted by molar-refractivity contribution is 6.47. The van der Waals surface area contributed by atoms with Gasteiger partial charge in [0.1, 0.15) is 5.78 Å². The molecular weight excluding hydrogens is 585 g/mol. The summed E-state index contributed by atoms with van der Waals surface area (Å²) in [5.74, 6) is -0.0994. The Morgan fingerprint density at radius 3 is 2.70 bits per heavy atom. The molecule has 2 bridgehead atoms. The topological polar surface area (TPSA) is 158 Å². The number of ketones is 1. The summed E-state index contributed by atoms with van der Waals surface area (Å²) in [6.07, 6.45) is 7.77. The Hall–Kier alpha value is -3.25. The van der Waals surface area contributed by atoms with Crippen molar-refractivity contribution in [3.05, 3.63) is 51.6 Å². The summed E-state index contributed by atoms with van der Waals surface area (Å²) in [5.41, 5.74) is 10.9. The number of aliphatic imine (C=N–C) groups is 1. The van der Waals surface area contributed by atoms with E-state index in [1.807, 2.05) is 17.6 Å². The van der Waals surface area contributed by atoms with E-state index >= 15 is 0 Å². The van der Waals surface area contributed by atoms with E-state index in [1.165, 1.54) is 16.7 Å². The van der Waals surface area contributed by atoms with Crippen LogP contribution in [0.3, 0.4) is 0 Å². The molecule has 1 aliphatic heterocycles. The molecule has 11 nitrogen and oxygen atoms in total. The predicted octanol–water partition coefficient (Wildman–Crippen LogP) is 4.66. The summed E-state index contributed by atoms with van der Waals surface area (Å²) in [6, 6.07) is 8.25. The van der Waals surface area contributed by atoms with Crippen molar-refractivity contribution >= 4 is 30.3 Å². The number of nitrogens with zero attached hydrogens (tertiary/aromatic N) is 2. The van der Waals surface area contributed by atoms with Gasteiger partial charge in [0.25, 0.3) is 5.96 Å². The van der Waals surface area contributed by atoms with Crippen LogP contribution in [0.2, 0.25) is 0 Å². The molecule has 0 radical (unpaired) electrons. The van der Waals surface area contributed by atoms with Crippen molar-refractivity contribution in [2.75, 3.05) is 6.54 Å². The number of nitro groups is 1. The monoisotopic (exact) mass is 635 g/mol. The lowest BCUT2D eigenvalue weighted by Crippen LogP contribution is -2.65. The first-order chi connectivity index (χ1) is 21.8. The van der Waals surface area contributed by atoms with Gasteiger partial charge in [0.2, 0.25) is 5.91 Å². The number of hydrogen-bond acceptors (Lipinski definition) is 7. The fourth-order valence-electron chi connectivity index (χ4n) is 8.35. The number of rotatable bonds is 15. The number of amides is 1. The first-order valence-corrected chi connectivity index (χ1v) is 16.9. The van der Waals surface area contributed by atoms with Crippen LogP contribution < -0.4 is 16.5 Å². The largest absolute Gasteiger partial charge is 0.481 e. The highest BCUT2D eigenvalue weighted by atomic mass is 16.7. The second-order valence-electron chi connectivity index (χ2n) is 14.9. The van der Waals surface area contributed by atoms with Crippen LogP contribution in [0, 0.1) is 39.2 Å². The minimum atomic E-state index is -0.769. The van der Waals surface area contributed by atoms with E-state index in [0.717, 1.165) is 19.3 Å². The molecule has 4 N–H and O–H groups in total. The van der Waals surface area contributed by atoms with Crippen LogP contribution >= 0.6 is 0 Å². The number of nitrogens with one attached hydrogen (secondary N) is 2. The quantitative estimate of drug-likeness (QED) is 0.0627. The Morgan fingerprint density at radius 1 is 1.22 bits per heavy atom. The molecule has 1 amide bonds. The van der Waals surface area contributed by atoms with Crippen LogP contribution in [0.5, 0.6) is 0 Å². The maximum Gasteiger partial charge on any atom is 0.481 e. The highest BCUT2D eigenvalue weighted by Crippen LogP contribution is 2.65. The van der Waals surface area contributed by atoms with Gasteiger partial charge >= 0.3 is 7.12 Å². The highest BCUT2D eigenvalue weighted by Gasteiger charge is 2.68. The van der Waals surface area contributed by atoms with Gasteiger partial charge in [-0.3, -0.25) is 9.59 Å². The van der Waals surface area contributed by atoms with Gasteiger partial charge in [0, 0.05) is 25.3 Å². The van der Waals surface area contributed by atoms with Gasteiger partial charge in [0.05, 0.1) is 17.6 Å². The summed E-state index contributed by atoms with van der Waals surface area (Å²) < 4.78 is 13.3. The lowest BCUT2D eigenvalue weighted by Gasteiger charge is -2.64. The molecule has 1 aromatic carbocycles. The fourth-order valence-corrected chi connectivity index (χ4v) is 8.35. The number of carbonyl (C=O) groups is 2. The van der Waals surface area contributed by atoms with E-state index < -0.39 is 18.1 Å². The van der Waals surface area contributed by atoms with E-state index in [2.05, 4.69) is 63.1 Å². The lowest BCUT2D eigenvalue weighted by molar-refractivity contribution is -0.525.